The average molecular weight is 359 g/mol. The molecule has 0 spiro atoms. The number of benzene rings is 1. The van der Waals surface area contributed by atoms with E-state index in [0.29, 0.717) is 0 Å². The normalized spacial score (nSPS) is 29.9. The van der Waals surface area contributed by atoms with Crippen molar-refractivity contribution in [3.05, 3.63) is 35.4 Å². The molecule has 1 aliphatic heterocycles. The third-order valence-corrected chi connectivity index (χ3v) is 4.30. The fraction of sp³-hybridized carbons (Fsp3) is 0.529. The molecule has 1 aromatic rings. The molecule has 2 rings (SSSR count). The lowest BCUT2D eigenvalue weighted by molar-refractivity contribution is -0.290. The Morgan fingerprint density at radius 3 is 2.32 bits per heavy atom. The Morgan fingerprint density at radius 2 is 1.84 bits per heavy atom. The van der Waals surface area contributed by atoms with Crippen molar-refractivity contribution in [2.24, 2.45) is 10.9 Å². The van der Waals surface area contributed by atoms with Gasteiger partial charge >= 0.3 is 12.1 Å². The number of rotatable bonds is 3. The Morgan fingerprint density at radius 1 is 1.28 bits per heavy atom. The Balaban J connectivity index is 2.59. The quantitative estimate of drug-likeness (QED) is 0.813. The topological polar surface area (TPSA) is 79.1 Å². The Kier molecular flexibility index (Phi) is 4.98. The highest BCUT2D eigenvalue weighted by Gasteiger charge is 2.67. The Bertz CT molecular complexity index is 686. The summed E-state index contributed by atoms with van der Waals surface area (Å²) in [6.45, 7) is 4.25. The molecule has 0 radical (unpaired) electrons. The first-order chi connectivity index (χ1) is 11.4. The molecule has 0 saturated carbocycles. The second kappa shape index (κ2) is 6.42. The highest BCUT2D eigenvalue weighted by Crippen LogP contribution is 2.49. The maximum Gasteiger partial charge on any atom is 0.418 e. The lowest BCUT2D eigenvalue weighted by atomic mass is 9.73. The fourth-order valence-corrected chi connectivity index (χ4v) is 3.06. The molecular weight excluding hydrogens is 339 g/mol. The number of hydrogen-bond donors (Lipinski definition) is 2. The zero-order chi connectivity index (χ0) is 19.0. The summed E-state index contributed by atoms with van der Waals surface area (Å²) in [5.41, 5.74) is -5.19. The van der Waals surface area contributed by atoms with Crippen molar-refractivity contribution in [2.45, 2.75) is 44.7 Å². The van der Waals surface area contributed by atoms with Gasteiger partial charge < -0.3 is 14.9 Å². The van der Waals surface area contributed by atoms with Gasteiger partial charge in [0.1, 0.15) is 5.92 Å². The first-order valence-corrected chi connectivity index (χ1v) is 7.76. The van der Waals surface area contributed by atoms with E-state index in [0.717, 1.165) is 12.5 Å². The molecule has 0 amide bonds. The van der Waals surface area contributed by atoms with Gasteiger partial charge in [0, 0.05) is 17.7 Å². The maximum atomic E-state index is 13.6. The molecule has 2 N–H and O–H groups in total. The molecule has 1 heterocycles. The van der Waals surface area contributed by atoms with Crippen LogP contribution in [-0.4, -0.2) is 40.3 Å². The number of esters is 1. The van der Waals surface area contributed by atoms with E-state index in [1.54, 1.807) is 19.1 Å². The lowest BCUT2D eigenvalue weighted by Gasteiger charge is -2.44. The number of carbonyl (C=O) groups is 1. The second-order valence-corrected chi connectivity index (χ2v) is 6.22. The summed E-state index contributed by atoms with van der Waals surface area (Å²) < 4.78 is 45.6. The van der Waals surface area contributed by atoms with Crippen LogP contribution >= 0.6 is 0 Å². The zero-order valence-corrected chi connectivity index (χ0v) is 14.1. The molecule has 0 aromatic heterocycles. The molecule has 1 aromatic carbocycles. The summed E-state index contributed by atoms with van der Waals surface area (Å²) in [5, 5.41) is 21.2. The number of aliphatic imine (C=N–C) groups is 1. The van der Waals surface area contributed by atoms with E-state index >= 15 is 0 Å². The smallest absolute Gasteiger partial charge is 0.418 e. The van der Waals surface area contributed by atoms with Gasteiger partial charge in [-0.2, -0.15) is 13.2 Å². The van der Waals surface area contributed by atoms with Gasteiger partial charge in [-0.1, -0.05) is 29.8 Å². The van der Waals surface area contributed by atoms with Crippen LogP contribution in [-0.2, 0) is 15.3 Å². The van der Waals surface area contributed by atoms with Gasteiger partial charge in [-0.3, -0.25) is 9.79 Å². The Labute approximate surface area is 143 Å². The van der Waals surface area contributed by atoms with E-state index in [2.05, 4.69) is 9.73 Å². The van der Waals surface area contributed by atoms with E-state index in [1.165, 1.54) is 19.1 Å². The van der Waals surface area contributed by atoms with Gasteiger partial charge in [0.05, 0.1) is 6.61 Å². The summed E-state index contributed by atoms with van der Waals surface area (Å²) in [6.07, 6.45) is -6.37. The molecule has 3 atom stereocenters. The minimum atomic E-state index is -5.17. The Hall–Kier alpha value is -1.93. The summed E-state index contributed by atoms with van der Waals surface area (Å²) in [4.78, 5) is 15.9. The van der Waals surface area contributed by atoms with E-state index in [4.69, 9.17) is 0 Å². The van der Waals surface area contributed by atoms with Gasteiger partial charge in [0.2, 0.25) is 0 Å². The fourth-order valence-electron chi connectivity index (χ4n) is 3.06. The van der Waals surface area contributed by atoms with Crippen LogP contribution in [0.1, 0.15) is 31.4 Å². The highest BCUT2D eigenvalue weighted by molar-refractivity contribution is 6.03. The standard InChI is InChI=1S/C17H20F3NO4/c1-4-25-14(22)13-11(3)21-16(24,9-15(13,23)17(18,19)20)12-7-5-10(2)6-8-12/h5-8,13,23-24H,4,9H2,1-3H3. The van der Waals surface area contributed by atoms with E-state index in [-0.39, 0.29) is 17.9 Å². The molecular formula is C17H20F3NO4. The summed E-state index contributed by atoms with van der Waals surface area (Å²) in [7, 11) is 0. The second-order valence-electron chi connectivity index (χ2n) is 6.22. The van der Waals surface area contributed by atoms with Crippen molar-refractivity contribution in [1.82, 2.24) is 0 Å². The van der Waals surface area contributed by atoms with Gasteiger partial charge in [0.25, 0.3) is 0 Å². The van der Waals surface area contributed by atoms with Crippen LogP contribution in [0.2, 0.25) is 0 Å². The third kappa shape index (κ3) is 3.41. The van der Waals surface area contributed by atoms with Gasteiger partial charge in [-0.15, -0.1) is 0 Å². The van der Waals surface area contributed by atoms with Gasteiger partial charge in [-0.25, -0.2) is 0 Å². The SMILES string of the molecule is CCOC(=O)C1C(C)=NC(O)(c2ccc(C)cc2)CC1(O)C(F)(F)F. The van der Waals surface area contributed by atoms with Crippen molar-refractivity contribution in [1.29, 1.82) is 0 Å². The number of halogens is 3. The van der Waals surface area contributed by atoms with Crippen LogP contribution in [0.3, 0.4) is 0 Å². The summed E-state index contributed by atoms with van der Waals surface area (Å²) >= 11 is 0. The number of carbonyl (C=O) groups excluding carboxylic acids is 1. The summed E-state index contributed by atoms with van der Waals surface area (Å²) in [5.74, 6) is -3.26. The van der Waals surface area contributed by atoms with E-state index < -0.39 is 35.8 Å². The van der Waals surface area contributed by atoms with Crippen molar-refractivity contribution < 1.29 is 32.9 Å². The molecule has 25 heavy (non-hydrogen) atoms. The zero-order valence-electron chi connectivity index (χ0n) is 14.1. The summed E-state index contributed by atoms with van der Waals surface area (Å²) in [6, 6.07) is 6.10. The lowest BCUT2D eigenvalue weighted by Crippen LogP contribution is -2.62. The number of nitrogens with zero attached hydrogens (tertiary/aromatic N) is 1. The molecule has 0 saturated heterocycles. The van der Waals surface area contributed by atoms with Crippen LogP contribution in [0, 0.1) is 12.8 Å². The molecule has 0 fully saturated rings. The minimum absolute atomic E-state index is 0.0995. The van der Waals surface area contributed by atoms with Crippen LogP contribution in [0.4, 0.5) is 13.2 Å². The van der Waals surface area contributed by atoms with E-state index in [1.807, 2.05) is 0 Å². The van der Waals surface area contributed by atoms with Crippen molar-refractivity contribution in [3.63, 3.8) is 0 Å². The predicted octanol–water partition coefficient (Wildman–Crippen LogP) is 2.48. The highest BCUT2D eigenvalue weighted by atomic mass is 19.4. The number of ether oxygens (including phenoxy) is 1. The monoisotopic (exact) mass is 359 g/mol. The molecule has 0 bridgehead atoms. The molecule has 5 nitrogen and oxygen atoms in total. The minimum Gasteiger partial charge on any atom is -0.465 e. The average Bonchev–Trinajstić information content (AvgIpc) is 2.45. The first-order valence-electron chi connectivity index (χ1n) is 7.76. The third-order valence-electron chi connectivity index (χ3n) is 4.30. The van der Waals surface area contributed by atoms with Crippen LogP contribution in [0.5, 0.6) is 0 Å². The van der Waals surface area contributed by atoms with Gasteiger partial charge in [0.15, 0.2) is 11.3 Å². The molecule has 138 valence electrons. The van der Waals surface area contributed by atoms with Gasteiger partial charge in [-0.05, 0) is 20.8 Å². The maximum absolute atomic E-state index is 13.6. The van der Waals surface area contributed by atoms with Crippen molar-refractivity contribution in [2.75, 3.05) is 6.61 Å². The first kappa shape index (κ1) is 19.4. The van der Waals surface area contributed by atoms with Crippen LogP contribution in [0.25, 0.3) is 0 Å². The molecule has 3 unspecified atom stereocenters. The van der Waals surface area contributed by atoms with Crippen molar-refractivity contribution in [3.8, 4) is 0 Å². The number of hydrogen-bond acceptors (Lipinski definition) is 5. The van der Waals surface area contributed by atoms with Crippen LogP contribution in [0.15, 0.2) is 29.3 Å². The molecule has 8 heteroatoms. The number of alkyl halides is 3. The van der Waals surface area contributed by atoms with Crippen LogP contribution < -0.4 is 0 Å². The largest absolute Gasteiger partial charge is 0.465 e. The molecule has 1 aliphatic rings. The van der Waals surface area contributed by atoms with E-state index in [9.17, 15) is 28.2 Å². The molecule has 0 aliphatic carbocycles. The number of aryl methyl sites for hydroxylation is 1. The number of aliphatic hydroxyl groups is 2. The predicted molar refractivity (Wildman–Crippen MR) is 83.9 cm³/mol. The van der Waals surface area contributed by atoms with Crippen molar-refractivity contribution >= 4 is 11.7 Å².